The summed E-state index contributed by atoms with van der Waals surface area (Å²) in [6, 6.07) is 138. The van der Waals surface area contributed by atoms with E-state index in [1.54, 1.807) is 0 Å². The summed E-state index contributed by atoms with van der Waals surface area (Å²) in [6.45, 7) is 12.0. The van der Waals surface area contributed by atoms with Crippen molar-refractivity contribution in [2.75, 3.05) is 26.3 Å². The molecular weight excluding hydrogens is 1470 g/mol. The van der Waals surface area contributed by atoms with Gasteiger partial charge in [-0.1, -0.05) is 343 Å². The second kappa shape index (κ2) is 25.5. The molecule has 4 aliphatic carbocycles. The normalized spacial score (nSPS) is 17.8. The van der Waals surface area contributed by atoms with Crippen LogP contribution in [0.1, 0.15) is 119 Å². The summed E-state index contributed by atoms with van der Waals surface area (Å²) in [5.41, 5.74) is 40.4. The number of rotatable bonds is 8. The van der Waals surface area contributed by atoms with Gasteiger partial charge in [0.2, 0.25) is 0 Å². The molecule has 4 aliphatic heterocycles. The Kier molecular flexibility index (Phi) is 14.5. The molecule has 0 saturated carbocycles. The van der Waals surface area contributed by atoms with Gasteiger partial charge in [0.25, 0.3) is 0 Å². The number of amidine groups is 2. The Morgan fingerprint density at radius 3 is 0.893 bits per heavy atom. The van der Waals surface area contributed by atoms with Crippen molar-refractivity contribution < 1.29 is 0 Å². The number of anilines is 4. The fourth-order valence-corrected chi connectivity index (χ4v) is 23.3. The van der Waals surface area contributed by atoms with Crippen LogP contribution in [-0.2, 0) is 23.9 Å². The van der Waals surface area contributed by atoms with Gasteiger partial charge in [-0.05, 0) is 236 Å². The molecule has 18 aromatic carbocycles. The number of hydrogen-bond acceptors (Lipinski definition) is 6. The van der Waals surface area contributed by atoms with Crippen molar-refractivity contribution in [3.8, 4) is 89.0 Å². The molecule has 0 aromatic heterocycles. The highest BCUT2D eigenvalue weighted by Gasteiger charge is 2.48. The van der Waals surface area contributed by atoms with E-state index in [0.717, 1.165) is 42.6 Å². The summed E-state index contributed by atoms with van der Waals surface area (Å²) in [6.07, 6.45) is 0. The number of fused-ring (bicyclic) bond motifs is 28. The van der Waals surface area contributed by atoms with Gasteiger partial charge in [0.1, 0.15) is 23.8 Å². The number of hydrogen-bond donors (Lipinski definition) is 0. The maximum Gasteiger partial charge on any atom is 0.136 e. The van der Waals surface area contributed by atoms with Crippen molar-refractivity contribution in [1.82, 2.24) is 0 Å². The van der Waals surface area contributed by atoms with Crippen LogP contribution in [-0.4, -0.2) is 18.3 Å². The second-order valence-electron chi connectivity index (χ2n) is 35.6. The zero-order chi connectivity index (χ0) is 79.8. The predicted octanol–water partition coefficient (Wildman–Crippen LogP) is 28.3. The maximum absolute atomic E-state index is 5.87. The Hall–Kier alpha value is -14.5. The van der Waals surface area contributed by atoms with Crippen LogP contribution in [0.3, 0.4) is 0 Å². The average molecular weight is 1550 g/mol. The molecule has 6 nitrogen and oxygen atoms in total. The molecule has 4 unspecified atom stereocenters. The third kappa shape index (κ3) is 9.81. The van der Waals surface area contributed by atoms with Crippen LogP contribution in [0.5, 0.6) is 0 Å². The van der Waals surface area contributed by atoms with Gasteiger partial charge in [0.15, 0.2) is 0 Å². The van der Waals surface area contributed by atoms with E-state index in [4.69, 9.17) is 9.98 Å². The molecule has 2 bridgehead atoms. The van der Waals surface area contributed by atoms with Crippen LogP contribution in [0.4, 0.5) is 22.7 Å². The van der Waals surface area contributed by atoms with Gasteiger partial charge >= 0.3 is 0 Å². The van der Waals surface area contributed by atoms with Gasteiger partial charge in [-0.3, -0.25) is 9.98 Å². The lowest BCUT2D eigenvalue weighted by atomic mass is 9.79. The summed E-state index contributed by atoms with van der Waals surface area (Å²) in [7, 11) is 0. The van der Waals surface area contributed by atoms with E-state index >= 15 is 0 Å². The van der Waals surface area contributed by atoms with E-state index in [1.807, 2.05) is 0 Å². The molecule has 4 heterocycles. The second-order valence-corrected chi connectivity index (χ2v) is 35.6. The van der Waals surface area contributed by atoms with Crippen molar-refractivity contribution in [3.63, 3.8) is 0 Å². The van der Waals surface area contributed by atoms with Crippen LogP contribution < -0.4 is 19.6 Å². The van der Waals surface area contributed by atoms with Gasteiger partial charge < -0.3 is 19.6 Å². The van der Waals surface area contributed by atoms with Crippen molar-refractivity contribution in [2.24, 2.45) is 9.98 Å². The Bertz CT molecular complexity index is 7060. The fraction of sp³-hybridized carbons (Fsp3) is 0.113. The van der Waals surface area contributed by atoms with Crippen molar-refractivity contribution >= 4 is 77.5 Å². The summed E-state index contributed by atoms with van der Waals surface area (Å²) >= 11 is 0. The largest absolute Gasteiger partial charge is 0.349 e. The first-order valence-corrected chi connectivity index (χ1v) is 43.0. The van der Waals surface area contributed by atoms with E-state index in [9.17, 15) is 0 Å². The zero-order valence-corrected chi connectivity index (χ0v) is 67.8. The Labute approximate surface area is 704 Å². The predicted molar refractivity (Wildman–Crippen MR) is 503 cm³/mol. The maximum atomic E-state index is 5.87. The highest BCUT2D eigenvalue weighted by molar-refractivity contribution is 6.24. The van der Waals surface area contributed by atoms with Crippen LogP contribution in [0, 0.1) is 0 Å². The van der Waals surface area contributed by atoms with Crippen molar-refractivity contribution in [1.29, 1.82) is 0 Å². The monoisotopic (exact) mass is 1550 g/mol. The lowest BCUT2D eigenvalue weighted by Crippen LogP contribution is -2.46. The number of benzene rings is 18. The number of aliphatic imine (C=N–C) groups is 2. The van der Waals surface area contributed by atoms with E-state index in [0.29, 0.717) is 0 Å². The quantitative estimate of drug-likeness (QED) is 0.142. The first-order chi connectivity index (χ1) is 59.5. The minimum atomic E-state index is -0.155. The molecule has 6 heteroatoms. The van der Waals surface area contributed by atoms with Gasteiger partial charge in [0, 0.05) is 57.8 Å². The molecule has 572 valence electrons. The van der Waals surface area contributed by atoms with Gasteiger partial charge in [0.05, 0.1) is 18.8 Å². The third-order valence-corrected chi connectivity index (χ3v) is 28.7. The van der Waals surface area contributed by atoms with E-state index in [-0.39, 0.29) is 35.0 Å². The Balaban J connectivity index is 0.523. The molecule has 0 spiro atoms. The van der Waals surface area contributed by atoms with Gasteiger partial charge in [-0.15, -0.1) is 0 Å². The van der Waals surface area contributed by atoms with Gasteiger partial charge in [-0.2, -0.15) is 0 Å². The molecule has 4 atom stereocenters. The van der Waals surface area contributed by atoms with Crippen LogP contribution in [0.25, 0.3) is 132 Å². The van der Waals surface area contributed by atoms with Crippen LogP contribution in [0.15, 0.2) is 374 Å². The summed E-state index contributed by atoms with van der Waals surface area (Å²) < 4.78 is 0. The highest BCUT2D eigenvalue weighted by Crippen LogP contribution is 2.60. The molecule has 121 heavy (non-hydrogen) atoms. The summed E-state index contributed by atoms with van der Waals surface area (Å²) in [4.78, 5) is 22.1. The third-order valence-electron chi connectivity index (χ3n) is 28.7. The Morgan fingerprint density at radius 2 is 0.529 bits per heavy atom. The zero-order valence-electron chi connectivity index (χ0n) is 67.8. The molecular formula is C115H82N6. The lowest BCUT2D eigenvalue weighted by Gasteiger charge is -2.45. The summed E-state index contributed by atoms with van der Waals surface area (Å²) in [5.74, 6) is 1.99. The van der Waals surface area contributed by atoms with Crippen LogP contribution >= 0.6 is 0 Å². The molecule has 26 rings (SSSR count). The van der Waals surface area contributed by atoms with E-state index < -0.39 is 0 Å². The van der Waals surface area contributed by atoms with E-state index in [1.165, 1.54) is 210 Å². The average Bonchev–Trinajstić information content (AvgIpc) is 1.60. The topological polar surface area (TPSA) is 37.7 Å². The van der Waals surface area contributed by atoms with Crippen molar-refractivity contribution in [3.05, 3.63) is 431 Å². The SMILES string of the molecule is CC1(C)c2ccccc2-c2ccc(N3C(c4ccc(-c5c6ccccc6c(-c6ccc7c(c6)CN6CN7Cc7cc(-c8c9ccccc9c(-c9ccc(C%10=NC%11c%12ccccc%12-c%12ccccc%12C%11N%10c%10ccc%11c(c%10)C(C)(C)c%10ccccc%10-%11)cc9)c9ccccc89)ccc76)c6ccccc56)cc4)=NC4c5ccccc5-c5ccccc5C43)cc21. The molecule has 0 saturated heterocycles. The number of nitrogens with zero attached hydrogens (tertiary/aromatic N) is 6. The van der Waals surface area contributed by atoms with Crippen molar-refractivity contribution in [2.45, 2.75) is 75.8 Å². The molecule has 8 aliphatic rings. The standard InChI is InChI=1S/C115H82N6/c1-114(2)98-43-23-21-29-82(98)84-57-55-76(63-100(84)114)120-110-96-41-19-7-27-80(96)78-25-5-17-39-94(78)108(110)116-112(120)70-49-45-68(46-50-70)104-86-31-9-13-35-90(86)106(91-36-14-10-32-87(91)104)72-53-59-102-74(61-72)65-118-67-119(102)66-75-62-73(54-60-103(75)118)107-92-37-15-11-33-88(92)105(89-34-12-16-38-93(89)107)69-47-51-71(52-48-69)113-117-109-95-40-18-6-26-79(95)81-28-8-20-42-97(81)111(109)121(113)77-56-58-85-83-30-22-24-44-99(83)115(3,4)101(85)64-77/h5-64,108-111H,65-67H2,1-4H3. The lowest BCUT2D eigenvalue weighted by molar-refractivity contribution is 0.603. The molecule has 18 aromatic rings. The molecule has 0 fully saturated rings. The molecule has 0 radical (unpaired) electrons. The molecule has 0 N–H and O–H groups in total. The smallest absolute Gasteiger partial charge is 0.136 e. The molecule has 0 amide bonds. The fourth-order valence-electron chi connectivity index (χ4n) is 23.3. The minimum Gasteiger partial charge on any atom is -0.349 e. The summed E-state index contributed by atoms with van der Waals surface area (Å²) in [5, 5.41) is 9.94. The first-order valence-electron chi connectivity index (χ1n) is 43.0. The van der Waals surface area contributed by atoms with Crippen LogP contribution in [0.2, 0.25) is 0 Å². The van der Waals surface area contributed by atoms with E-state index in [2.05, 4.69) is 411 Å². The highest BCUT2D eigenvalue weighted by atomic mass is 15.4. The minimum absolute atomic E-state index is 0.0283. The first kappa shape index (κ1) is 68.6. The van der Waals surface area contributed by atoms with Gasteiger partial charge in [-0.25, -0.2) is 0 Å². The Morgan fingerprint density at radius 1 is 0.248 bits per heavy atom.